The minimum Gasteiger partial charge on any atom is -0.480 e. The second-order valence-electron chi connectivity index (χ2n) is 4.79. The highest BCUT2D eigenvalue weighted by Crippen LogP contribution is 2.08. The predicted octanol–water partition coefficient (Wildman–Crippen LogP) is -0.456. The zero-order valence-electron chi connectivity index (χ0n) is 11.5. The van der Waals surface area contributed by atoms with E-state index in [1.807, 2.05) is 6.92 Å². The number of urea groups is 1. The molecule has 0 saturated carbocycles. The summed E-state index contributed by atoms with van der Waals surface area (Å²) < 4.78 is 0. The second-order valence-corrected chi connectivity index (χ2v) is 4.79. The minimum absolute atomic E-state index is 0.132. The average molecular weight is 285 g/mol. The van der Waals surface area contributed by atoms with Crippen LogP contribution in [-0.2, 0) is 14.4 Å². The highest BCUT2D eigenvalue weighted by molar-refractivity contribution is 5.98. The number of hydrogen-bond donors (Lipinski definition) is 3. The molecule has 0 aliphatic carbocycles. The van der Waals surface area contributed by atoms with Gasteiger partial charge in [0.25, 0.3) is 0 Å². The van der Waals surface area contributed by atoms with Gasteiger partial charge in [-0.25, -0.2) is 9.59 Å². The fraction of sp³-hybridized carbons (Fsp3) is 0.667. The first kappa shape index (κ1) is 15.9. The van der Waals surface area contributed by atoms with Gasteiger partial charge >= 0.3 is 12.0 Å². The number of hydrogen-bond acceptors (Lipinski definition) is 4. The van der Waals surface area contributed by atoms with E-state index in [4.69, 9.17) is 5.11 Å². The number of carboxylic acids is 1. The van der Waals surface area contributed by atoms with E-state index in [0.717, 1.165) is 0 Å². The Morgan fingerprint density at radius 2 is 2.10 bits per heavy atom. The van der Waals surface area contributed by atoms with Crippen molar-refractivity contribution >= 4 is 23.8 Å². The SMILES string of the molecule is CC[C@H](C)[C@H](NC(=O)CN1CCC(=O)NC1=O)C(=O)O. The fourth-order valence-electron chi connectivity index (χ4n) is 1.83. The molecule has 0 radical (unpaired) electrons. The Labute approximate surface area is 116 Å². The molecular formula is C12H19N3O5. The van der Waals surface area contributed by atoms with Crippen molar-refractivity contribution in [3.63, 3.8) is 0 Å². The number of carbonyl (C=O) groups is 4. The number of amides is 4. The van der Waals surface area contributed by atoms with E-state index in [9.17, 15) is 19.2 Å². The van der Waals surface area contributed by atoms with E-state index in [0.29, 0.717) is 6.42 Å². The van der Waals surface area contributed by atoms with Crippen LogP contribution in [0.15, 0.2) is 0 Å². The summed E-state index contributed by atoms with van der Waals surface area (Å²) in [6.45, 7) is 3.44. The summed E-state index contributed by atoms with van der Waals surface area (Å²) in [6, 6.07) is -1.62. The maximum absolute atomic E-state index is 11.8. The maximum Gasteiger partial charge on any atom is 0.326 e. The van der Waals surface area contributed by atoms with E-state index < -0.39 is 23.9 Å². The highest BCUT2D eigenvalue weighted by Gasteiger charge is 2.28. The van der Waals surface area contributed by atoms with Crippen LogP contribution in [0.3, 0.4) is 0 Å². The van der Waals surface area contributed by atoms with E-state index >= 15 is 0 Å². The molecule has 0 unspecified atom stereocenters. The average Bonchev–Trinajstić information content (AvgIpc) is 2.38. The Hall–Kier alpha value is -2.12. The lowest BCUT2D eigenvalue weighted by atomic mass is 9.99. The van der Waals surface area contributed by atoms with Gasteiger partial charge in [0, 0.05) is 13.0 Å². The molecular weight excluding hydrogens is 266 g/mol. The van der Waals surface area contributed by atoms with E-state index in [-0.39, 0.29) is 31.3 Å². The minimum atomic E-state index is -1.11. The fourth-order valence-corrected chi connectivity index (χ4v) is 1.83. The summed E-state index contributed by atoms with van der Waals surface area (Å²) in [5, 5.41) is 13.6. The summed E-state index contributed by atoms with van der Waals surface area (Å²) in [6.07, 6.45) is 0.739. The van der Waals surface area contributed by atoms with Crippen LogP contribution in [-0.4, -0.2) is 53.0 Å². The zero-order valence-corrected chi connectivity index (χ0v) is 11.5. The number of nitrogens with zero attached hydrogens (tertiary/aromatic N) is 1. The van der Waals surface area contributed by atoms with Crippen molar-refractivity contribution in [3.05, 3.63) is 0 Å². The van der Waals surface area contributed by atoms with Crippen LogP contribution < -0.4 is 10.6 Å². The molecule has 4 amide bonds. The van der Waals surface area contributed by atoms with Crippen LogP contribution >= 0.6 is 0 Å². The largest absolute Gasteiger partial charge is 0.480 e. The highest BCUT2D eigenvalue weighted by atomic mass is 16.4. The Balaban J connectivity index is 2.55. The van der Waals surface area contributed by atoms with Crippen molar-refractivity contribution in [3.8, 4) is 0 Å². The van der Waals surface area contributed by atoms with Crippen LogP contribution in [0.1, 0.15) is 26.7 Å². The van der Waals surface area contributed by atoms with Gasteiger partial charge in [0.1, 0.15) is 12.6 Å². The number of carbonyl (C=O) groups excluding carboxylic acids is 3. The lowest BCUT2D eigenvalue weighted by molar-refractivity contribution is -0.143. The molecule has 0 aromatic heterocycles. The first-order valence-corrected chi connectivity index (χ1v) is 6.46. The van der Waals surface area contributed by atoms with E-state index in [1.165, 1.54) is 4.90 Å². The van der Waals surface area contributed by atoms with Gasteiger partial charge in [-0.1, -0.05) is 20.3 Å². The number of nitrogens with one attached hydrogen (secondary N) is 2. The Morgan fingerprint density at radius 3 is 2.60 bits per heavy atom. The zero-order chi connectivity index (χ0) is 15.3. The summed E-state index contributed by atoms with van der Waals surface area (Å²) in [4.78, 5) is 46.5. The molecule has 3 N–H and O–H groups in total. The van der Waals surface area contributed by atoms with E-state index in [2.05, 4.69) is 10.6 Å². The van der Waals surface area contributed by atoms with Gasteiger partial charge in [-0.2, -0.15) is 0 Å². The van der Waals surface area contributed by atoms with Gasteiger partial charge in [-0.15, -0.1) is 0 Å². The molecule has 0 aromatic carbocycles. The maximum atomic E-state index is 11.8. The molecule has 1 fully saturated rings. The van der Waals surface area contributed by atoms with Crippen LogP contribution in [0.25, 0.3) is 0 Å². The first-order chi connectivity index (χ1) is 9.35. The van der Waals surface area contributed by atoms with Gasteiger partial charge in [0.05, 0.1) is 0 Å². The molecule has 20 heavy (non-hydrogen) atoms. The summed E-state index contributed by atoms with van der Waals surface area (Å²) in [5.41, 5.74) is 0. The molecule has 112 valence electrons. The van der Waals surface area contributed by atoms with Gasteiger partial charge in [0.2, 0.25) is 11.8 Å². The summed E-state index contributed by atoms with van der Waals surface area (Å²) in [7, 11) is 0. The quantitative estimate of drug-likeness (QED) is 0.611. The standard InChI is InChI=1S/C12H19N3O5/c1-3-7(2)10(11(18)19)13-9(17)6-15-5-4-8(16)14-12(15)20/h7,10H,3-6H2,1-2H3,(H,13,17)(H,18,19)(H,14,16,20)/t7-,10-/m0/s1. The van der Waals surface area contributed by atoms with Crippen molar-refractivity contribution in [2.24, 2.45) is 5.92 Å². The lowest BCUT2D eigenvalue weighted by Gasteiger charge is -2.27. The molecule has 8 nitrogen and oxygen atoms in total. The lowest BCUT2D eigenvalue weighted by Crippen LogP contribution is -2.54. The third kappa shape index (κ3) is 4.22. The number of imide groups is 1. The molecule has 1 rings (SSSR count). The molecule has 1 heterocycles. The molecule has 2 atom stereocenters. The molecule has 0 spiro atoms. The summed E-state index contributed by atoms with van der Waals surface area (Å²) in [5.74, 6) is -2.25. The Bertz CT molecular complexity index is 423. The molecule has 1 aliphatic heterocycles. The summed E-state index contributed by atoms with van der Waals surface area (Å²) >= 11 is 0. The topological polar surface area (TPSA) is 116 Å². The van der Waals surface area contributed by atoms with Crippen molar-refractivity contribution in [2.75, 3.05) is 13.1 Å². The van der Waals surface area contributed by atoms with Gasteiger partial charge in [-0.05, 0) is 5.92 Å². The van der Waals surface area contributed by atoms with Gasteiger partial charge < -0.3 is 15.3 Å². The molecule has 8 heteroatoms. The van der Waals surface area contributed by atoms with Crippen LogP contribution in [0.5, 0.6) is 0 Å². The molecule has 1 aliphatic rings. The monoisotopic (exact) mass is 285 g/mol. The normalized spacial score (nSPS) is 18.2. The van der Waals surface area contributed by atoms with Gasteiger partial charge in [-0.3, -0.25) is 14.9 Å². The molecule has 0 bridgehead atoms. The third-order valence-electron chi connectivity index (χ3n) is 3.27. The van der Waals surface area contributed by atoms with Crippen LogP contribution in [0.2, 0.25) is 0 Å². The van der Waals surface area contributed by atoms with Crippen molar-refractivity contribution < 1.29 is 24.3 Å². The molecule has 1 saturated heterocycles. The predicted molar refractivity (Wildman–Crippen MR) is 68.8 cm³/mol. The second kappa shape index (κ2) is 6.88. The van der Waals surface area contributed by atoms with Crippen LogP contribution in [0, 0.1) is 5.92 Å². The van der Waals surface area contributed by atoms with Crippen molar-refractivity contribution in [1.29, 1.82) is 0 Å². The Morgan fingerprint density at radius 1 is 1.45 bits per heavy atom. The Kier molecular flexibility index (Phi) is 5.48. The van der Waals surface area contributed by atoms with Crippen LogP contribution in [0.4, 0.5) is 4.79 Å². The third-order valence-corrected chi connectivity index (χ3v) is 3.27. The smallest absolute Gasteiger partial charge is 0.326 e. The number of rotatable bonds is 6. The van der Waals surface area contributed by atoms with E-state index in [1.54, 1.807) is 6.92 Å². The number of aliphatic carboxylic acids is 1. The molecule has 0 aromatic rings. The first-order valence-electron chi connectivity index (χ1n) is 6.46. The number of carboxylic acid groups (broad SMARTS) is 1. The van der Waals surface area contributed by atoms with Crippen molar-refractivity contribution in [2.45, 2.75) is 32.7 Å². The van der Waals surface area contributed by atoms with Crippen molar-refractivity contribution in [1.82, 2.24) is 15.5 Å². The van der Waals surface area contributed by atoms with Gasteiger partial charge in [0.15, 0.2) is 0 Å².